The number of pyridine rings is 1. The molecule has 2 aromatic rings. The Labute approximate surface area is 128 Å². The highest BCUT2D eigenvalue weighted by atomic mass is 32.2. The van der Waals surface area contributed by atoms with Crippen LogP contribution in [0.4, 0.5) is 5.82 Å². The summed E-state index contributed by atoms with van der Waals surface area (Å²) in [6.07, 6.45) is 2.76. The van der Waals surface area contributed by atoms with Crippen molar-refractivity contribution in [3.05, 3.63) is 42.1 Å². The quantitative estimate of drug-likeness (QED) is 0.875. The average Bonchev–Trinajstić information content (AvgIpc) is 2.78. The van der Waals surface area contributed by atoms with Crippen LogP contribution < -0.4 is 14.8 Å². The van der Waals surface area contributed by atoms with Crippen LogP contribution in [0, 0.1) is 0 Å². The summed E-state index contributed by atoms with van der Waals surface area (Å²) >= 11 is 1.78. The van der Waals surface area contributed by atoms with Crippen molar-refractivity contribution in [2.24, 2.45) is 0 Å². The molecule has 21 heavy (non-hydrogen) atoms. The molecule has 0 amide bonds. The van der Waals surface area contributed by atoms with E-state index in [2.05, 4.69) is 28.5 Å². The van der Waals surface area contributed by atoms with Crippen LogP contribution in [0.5, 0.6) is 11.5 Å². The number of nitrogens with zero attached hydrogens (tertiary/aromatic N) is 1. The first-order chi connectivity index (χ1) is 10.3. The maximum atomic E-state index is 5.72. The van der Waals surface area contributed by atoms with Gasteiger partial charge in [-0.3, -0.25) is 0 Å². The lowest BCUT2D eigenvalue weighted by molar-refractivity contribution is 0.297. The van der Waals surface area contributed by atoms with Crippen LogP contribution in [-0.4, -0.2) is 25.2 Å². The zero-order chi connectivity index (χ0) is 14.5. The lowest BCUT2D eigenvalue weighted by Crippen LogP contribution is -1.97. The highest BCUT2D eigenvalue weighted by Crippen LogP contribution is 2.34. The van der Waals surface area contributed by atoms with Gasteiger partial charge in [0.15, 0.2) is 11.5 Å². The minimum absolute atomic E-state index is 0.719. The van der Waals surface area contributed by atoms with E-state index < -0.39 is 0 Å². The molecule has 110 valence electrons. The number of nitrogens with one attached hydrogen (secondary N) is 1. The van der Waals surface area contributed by atoms with Crippen LogP contribution in [0.1, 0.15) is 12.0 Å². The molecule has 1 N–H and O–H groups in total. The predicted octanol–water partition coefficient (Wildman–Crippen LogP) is 3.58. The van der Waals surface area contributed by atoms with Gasteiger partial charge in [-0.2, -0.15) is 0 Å². The van der Waals surface area contributed by atoms with E-state index in [1.165, 1.54) is 10.5 Å². The van der Waals surface area contributed by atoms with Crippen molar-refractivity contribution in [2.75, 3.05) is 25.6 Å². The Bertz CT molecular complexity index is 619. The van der Waals surface area contributed by atoms with Gasteiger partial charge in [0.05, 0.1) is 13.2 Å². The third-order valence-electron chi connectivity index (χ3n) is 3.20. The van der Waals surface area contributed by atoms with Gasteiger partial charge in [0, 0.05) is 30.3 Å². The molecule has 0 bridgehead atoms. The van der Waals surface area contributed by atoms with E-state index in [-0.39, 0.29) is 0 Å². The molecular weight excluding hydrogens is 284 g/mol. The van der Waals surface area contributed by atoms with Gasteiger partial charge in [0.2, 0.25) is 0 Å². The predicted molar refractivity (Wildman–Crippen MR) is 85.4 cm³/mol. The highest BCUT2D eigenvalue weighted by Gasteiger charge is 2.10. The molecule has 5 heteroatoms. The molecule has 0 atom stereocenters. The fourth-order valence-corrected chi connectivity index (χ4v) is 2.97. The van der Waals surface area contributed by atoms with Crippen molar-refractivity contribution in [1.29, 1.82) is 0 Å². The van der Waals surface area contributed by atoms with Crippen molar-refractivity contribution >= 4 is 17.6 Å². The standard InChI is InChI=1S/C16H18N2O2S/c1-17-16-9-12(5-6-18-16)11-21-13-3-4-14-15(10-13)20-8-2-7-19-14/h3-6,9-10H,2,7-8,11H2,1H3,(H,17,18). The zero-order valence-corrected chi connectivity index (χ0v) is 12.8. The molecule has 1 aliphatic rings. The van der Waals surface area contributed by atoms with E-state index in [0.29, 0.717) is 0 Å². The van der Waals surface area contributed by atoms with Crippen LogP contribution in [0.15, 0.2) is 41.4 Å². The molecule has 0 saturated carbocycles. The van der Waals surface area contributed by atoms with Gasteiger partial charge in [-0.25, -0.2) is 4.98 Å². The first-order valence-electron chi connectivity index (χ1n) is 7.00. The third kappa shape index (κ3) is 3.61. The summed E-state index contributed by atoms with van der Waals surface area (Å²) < 4.78 is 11.4. The Morgan fingerprint density at radius 3 is 2.86 bits per heavy atom. The Morgan fingerprint density at radius 2 is 2.00 bits per heavy atom. The molecule has 0 radical (unpaired) electrons. The first kappa shape index (κ1) is 14.1. The second-order valence-electron chi connectivity index (χ2n) is 4.75. The molecule has 0 saturated heterocycles. The minimum Gasteiger partial charge on any atom is -0.490 e. The summed E-state index contributed by atoms with van der Waals surface area (Å²) in [5.74, 6) is 3.49. The van der Waals surface area contributed by atoms with Gasteiger partial charge in [-0.1, -0.05) is 0 Å². The van der Waals surface area contributed by atoms with E-state index in [1.54, 1.807) is 11.8 Å². The number of rotatable bonds is 4. The molecular formula is C16H18N2O2S. The van der Waals surface area contributed by atoms with Gasteiger partial charge < -0.3 is 14.8 Å². The molecule has 1 aromatic heterocycles. The van der Waals surface area contributed by atoms with Gasteiger partial charge in [0.1, 0.15) is 5.82 Å². The number of benzene rings is 1. The van der Waals surface area contributed by atoms with Crippen molar-refractivity contribution in [1.82, 2.24) is 4.98 Å². The molecule has 0 aliphatic carbocycles. The number of anilines is 1. The smallest absolute Gasteiger partial charge is 0.162 e. The average molecular weight is 302 g/mol. The molecule has 1 aliphatic heterocycles. The summed E-state index contributed by atoms with van der Waals surface area (Å²) in [5.41, 5.74) is 1.24. The third-order valence-corrected chi connectivity index (χ3v) is 4.27. The Morgan fingerprint density at radius 1 is 1.14 bits per heavy atom. The van der Waals surface area contributed by atoms with Crippen molar-refractivity contribution in [3.63, 3.8) is 0 Å². The van der Waals surface area contributed by atoms with Crippen molar-refractivity contribution in [2.45, 2.75) is 17.1 Å². The summed E-state index contributed by atoms with van der Waals surface area (Å²) in [6, 6.07) is 10.2. The SMILES string of the molecule is CNc1cc(CSc2ccc3c(c2)OCCCO3)ccn1. The minimum atomic E-state index is 0.719. The van der Waals surface area contributed by atoms with Crippen LogP contribution in [-0.2, 0) is 5.75 Å². The topological polar surface area (TPSA) is 43.4 Å². The molecule has 4 nitrogen and oxygen atoms in total. The second-order valence-corrected chi connectivity index (χ2v) is 5.80. The molecule has 0 spiro atoms. The van der Waals surface area contributed by atoms with E-state index >= 15 is 0 Å². The number of hydrogen-bond acceptors (Lipinski definition) is 5. The fourth-order valence-electron chi connectivity index (χ4n) is 2.10. The summed E-state index contributed by atoms with van der Waals surface area (Å²) in [6.45, 7) is 1.44. The van der Waals surface area contributed by atoms with E-state index in [9.17, 15) is 0 Å². The fraction of sp³-hybridized carbons (Fsp3) is 0.312. The number of aromatic nitrogens is 1. The van der Waals surface area contributed by atoms with Gasteiger partial charge >= 0.3 is 0 Å². The second kappa shape index (κ2) is 6.72. The monoisotopic (exact) mass is 302 g/mol. The van der Waals surface area contributed by atoms with Gasteiger partial charge in [-0.15, -0.1) is 11.8 Å². The normalized spacial score (nSPS) is 13.6. The molecule has 2 heterocycles. The van der Waals surface area contributed by atoms with Crippen molar-refractivity contribution < 1.29 is 9.47 Å². The Hall–Kier alpha value is -1.88. The lowest BCUT2D eigenvalue weighted by atomic mass is 10.3. The molecule has 0 fully saturated rings. The van der Waals surface area contributed by atoms with E-state index in [4.69, 9.17) is 9.47 Å². The summed E-state index contributed by atoms with van der Waals surface area (Å²) in [4.78, 5) is 5.41. The summed E-state index contributed by atoms with van der Waals surface area (Å²) in [5, 5.41) is 3.06. The molecule has 3 rings (SSSR count). The number of ether oxygens (including phenoxy) is 2. The Kier molecular flexibility index (Phi) is 4.50. The van der Waals surface area contributed by atoms with Crippen LogP contribution in [0.2, 0.25) is 0 Å². The zero-order valence-electron chi connectivity index (χ0n) is 12.0. The van der Waals surface area contributed by atoms with Crippen molar-refractivity contribution in [3.8, 4) is 11.5 Å². The van der Waals surface area contributed by atoms with Crippen LogP contribution >= 0.6 is 11.8 Å². The van der Waals surface area contributed by atoms with E-state index in [1.807, 2.05) is 25.4 Å². The number of thioether (sulfide) groups is 1. The number of fused-ring (bicyclic) bond motifs is 1. The van der Waals surface area contributed by atoms with E-state index in [0.717, 1.165) is 42.7 Å². The van der Waals surface area contributed by atoms with Gasteiger partial charge in [-0.05, 0) is 35.9 Å². The number of hydrogen-bond donors (Lipinski definition) is 1. The largest absolute Gasteiger partial charge is 0.490 e. The maximum absolute atomic E-state index is 5.72. The van der Waals surface area contributed by atoms with Crippen LogP contribution in [0.25, 0.3) is 0 Å². The van der Waals surface area contributed by atoms with Gasteiger partial charge in [0.25, 0.3) is 0 Å². The summed E-state index contributed by atoms with van der Waals surface area (Å²) in [7, 11) is 1.88. The Balaban J connectivity index is 1.69. The highest BCUT2D eigenvalue weighted by molar-refractivity contribution is 7.98. The molecule has 1 aromatic carbocycles. The molecule has 0 unspecified atom stereocenters. The lowest BCUT2D eigenvalue weighted by Gasteiger charge is -2.09. The van der Waals surface area contributed by atoms with Crippen LogP contribution in [0.3, 0.4) is 0 Å². The maximum Gasteiger partial charge on any atom is 0.162 e. The first-order valence-corrected chi connectivity index (χ1v) is 7.99.